The van der Waals surface area contributed by atoms with Gasteiger partial charge in [0.05, 0.1) is 6.10 Å². The molecule has 1 rings (SSSR count). The van der Waals surface area contributed by atoms with E-state index in [0.717, 1.165) is 18.3 Å². The molecule has 0 aromatic heterocycles. The molecule has 1 saturated heterocycles. The molecule has 1 aliphatic heterocycles. The van der Waals surface area contributed by atoms with Gasteiger partial charge in [-0.25, -0.2) is 4.39 Å². The van der Waals surface area contributed by atoms with Crippen molar-refractivity contribution < 1.29 is 9.50 Å². The van der Waals surface area contributed by atoms with E-state index in [1.807, 2.05) is 11.8 Å². The molecule has 0 aliphatic carbocycles. The first-order valence-electron chi connectivity index (χ1n) is 4.75. The Hall–Kier alpha value is 0.200. The van der Waals surface area contributed by atoms with Crippen molar-refractivity contribution in [1.82, 2.24) is 4.90 Å². The molecule has 1 aliphatic rings. The van der Waals surface area contributed by atoms with Crippen molar-refractivity contribution in [3.63, 3.8) is 0 Å². The normalized spacial score (nSPS) is 23.3. The van der Waals surface area contributed by atoms with E-state index in [9.17, 15) is 4.39 Å². The molecule has 0 radical (unpaired) electrons. The minimum atomic E-state index is -0.786. The van der Waals surface area contributed by atoms with Crippen LogP contribution < -0.4 is 0 Å². The Balaban J connectivity index is 2.17. The van der Waals surface area contributed by atoms with Crippen molar-refractivity contribution in [3.05, 3.63) is 0 Å². The molecule has 0 aromatic rings. The van der Waals surface area contributed by atoms with E-state index < -0.39 is 12.8 Å². The van der Waals surface area contributed by atoms with Crippen LogP contribution in [-0.2, 0) is 0 Å². The lowest BCUT2D eigenvalue weighted by molar-refractivity contribution is 0.0819. The number of nitrogens with zero attached hydrogens (tertiary/aromatic N) is 1. The molecule has 1 unspecified atom stereocenters. The smallest absolute Gasteiger partial charge is 0.117 e. The number of β-amino-alcohol motifs (C(OH)–C–C–N with tert-alkyl or cyclic N) is 1. The van der Waals surface area contributed by atoms with Gasteiger partial charge in [-0.05, 0) is 32.2 Å². The van der Waals surface area contributed by atoms with Crippen molar-refractivity contribution in [2.24, 2.45) is 0 Å². The van der Waals surface area contributed by atoms with Crippen LogP contribution in [0.25, 0.3) is 0 Å². The van der Waals surface area contributed by atoms with E-state index in [-0.39, 0.29) is 0 Å². The Bertz CT molecular complexity index is 140. The summed E-state index contributed by atoms with van der Waals surface area (Å²) >= 11 is 1.91. The van der Waals surface area contributed by atoms with E-state index in [2.05, 4.69) is 11.2 Å². The zero-order chi connectivity index (χ0) is 9.68. The highest BCUT2D eigenvalue weighted by Crippen LogP contribution is 2.20. The second-order valence-corrected chi connectivity index (χ2v) is 4.68. The highest BCUT2D eigenvalue weighted by molar-refractivity contribution is 7.99. The summed E-state index contributed by atoms with van der Waals surface area (Å²) in [6, 6.07) is 0. The van der Waals surface area contributed by atoms with E-state index in [4.69, 9.17) is 5.11 Å². The first kappa shape index (κ1) is 11.3. The number of hydrogen-bond donors (Lipinski definition) is 1. The molecule has 1 atom stereocenters. The minimum absolute atomic E-state index is 0.498. The van der Waals surface area contributed by atoms with Gasteiger partial charge >= 0.3 is 0 Å². The molecule has 0 saturated carbocycles. The van der Waals surface area contributed by atoms with Crippen molar-refractivity contribution in [2.75, 3.05) is 32.6 Å². The Labute approximate surface area is 83.5 Å². The third kappa shape index (κ3) is 3.83. The average molecular weight is 207 g/mol. The van der Waals surface area contributed by atoms with E-state index in [1.165, 1.54) is 12.8 Å². The van der Waals surface area contributed by atoms with Gasteiger partial charge in [-0.15, -0.1) is 0 Å². The van der Waals surface area contributed by atoms with Crippen LogP contribution in [0.1, 0.15) is 12.8 Å². The second-order valence-electron chi connectivity index (χ2n) is 3.54. The summed E-state index contributed by atoms with van der Waals surface area (Å²) < 4.78 is 12.0. The predicted molar refractivity (Wildman–Crippen MR) is 55.0 cm³/mol. The first-order chi connectivity index (χ1) is 6.26. The molecule has 4 heteroatoms. The van der Waals surface area contributed by atoms with Gasteiger partial charge in [0.2, 0.25) is 0 Å². The Morgan fingerprint density at radius 3 is 2.62 bits per heavy atom. The summed E-state index contributed by atoms with van der Waals surface area (Å²) in [7, 11) is 0. The van der Waals surface area contributed by atoms with Crippen LogP contribution in [0.15, 0.2) is 0 Å². The van der Waals surface area contributed by atoms with Crippen LogP contribution in [-0.4, -0.2) is 53.9 Å². The van der Waals surface area contributed by atoms with Crippen LogP contribution in [0.5, 0.6) is 0 Å². The number of likely N-dealkylation sites (tertiary alicyclic amines) is 1. The topological polar surface area (TPSA) is 23.5 Å². The number of aliphatic hydroxyl groups is 1. The van der Waals surface area contributed by atoms with E-state index >= 15 is 0 Å². The van der Waals surface area contributed by atoms with Crippen LogP contribution in [0.4, 0.5) is 4.39 Å². The molecule has 0 aromatic carbocycles. The number of rotatable bonds is 4. The fourth-order valence-electron chi connectivity index (χ4n) is 1.67. The third-order valence-electron chi connectivity index (χ3n) is 2.52. The molecular weight excluding hydrogens is 189 g/mol. The van der Waals surface area contributed by atoms with Gasteiger partial charge in [0, 0.05) is 11.8 Å². The molecule has 0 spiro atoms. The molecule has 1 N–H and O–H groups in total. The number of hydrogen-bond acceptors (Lipinski definition) is 3. The third-order valence-corrected chi connectivity index (χ3v) is 3.65. The lowest BCUT2D eigenvalue weighted by Gasteiger charge is -2.31. The SMILES string of the molecule is CSC1CCN(CC(O)CF)CC1. The Morgan fingerprint density at radius 2 is 2.15 bits per heavy atom. The highest BCUT2D eigenvalue weighted by atomic mass is 32.2. The van der Waals surface area contributed by atoms with E-state index in [0.29, 0.717) is 6.54 Å². The maximum atomic E-state index is 12.0. The lowest BCUT2D eigenvalue weighted by atomic mass is 10.1. The number of aliphatic hydroxyl groups excluding tert-OH is 1. The molecule has 1 fully saturated rings. The van der Waals surface area contributed by atoms with Crippen LogP contribution in [0.3, 0.4) is 0 Å². The van der Waals surface area contributed by atoms with Crippen molar-refractivity contribution >= 4 is 11.8 Å². The molecule has 13 heavy (non-hydrogen) atoms. The Kier molecular flexibility index (Phi) is 5.06. The van der Waals surface area contributed by atoms with Crippen LogP contribution in [0.2, 0.25) is 0 Å². The quantitative estimate of drug-likeness (QED) is 0.748. The zero-order valence-corrected chi connectivity index (χ0v) is 8.89. The largest absolute Gasteiger partial charge is 0.389 e. The van der Waals surface area contributed by atoms with Gasteiger partial charge in [-0.1, -0.05) is 0 Å². The van der Waals surface area contributed by atoms with Gasteiger partial charge in [0.15, 0.2) is 0 Å². The fraction of sp³-hybridized carbons (Fsp3) is 1.00. The first-order valence-corrected chi connectivity index (χ1v) is 6.04. The molecule has 2 nitrogen and oxygen atoms in total. The van der Waals surface area contributed by atoms with Gasteiger partial charge < -0.3 is 10.0 Å². The molecule has 78 valence electrons. The van der Waals surface area contributed by atoms with Gasteiger partial charge in [0.25, 0.3) is 0 Å². The summed E-state index contributed by atoms with van der Waals surface area (Å²) in [5.41, 5.74) is 0. The summed E-state index contributed by atoms with van der Waals surface area (Å²) in [6.07, 6.45) is 3.68. The number of piperidine rings is 1. The molecular formula is C9H18FNOS. The maximum absolute atomic E-state index is 12.0. The van der Waals surface area contributed by atoms with E-state index in [1.54, 1.807) is 0 Å². The Morgan fingerprint density at radius 1 is 1.54 bits per heavy atom. The summed E-state index contributed by atoms with van der Waals surface area (Å²) in [5.74, 6) is 0. The van der Waals surface area contributed by atoms with Crippen LogP contribution in [0, 0.1) is 0 Å². The van der Waals surface area contributed by atoms with Gasteiger partial charge in [0.1, 0.15) is 6.67 Å². The predicted octanol–water partition coefficient (Wildman–Crippen LogP) is 1.14. The van der Waals surface area contributed by atoms with Crippen LogP contribution >= 0.6 is 11.8 Å². The van der Waals surface area contributed by atoms with Crippen molar-refractivity contribution in [2.45, 2.75) is 24.2 Å². The second kappa shape index (κ2) is 5.83. The fourth-order valence-corrected chi connectivity index (χ4v) is 2.36. The lowest BCUT2D eigenvalue weighted by Crippen LogP contribution is -2.40. The molecule has 1 heterocycles. The number of thioether (sulfide) groups is 1. The maximum Gasteiger partial charge on any atom is 0.117 e. The number of halogens is 1. The van der Waals surface area contributed by atoms with Gasteiger partial charge in [-0.2, -0.15) is 11.8 Å². The molecule has 0 bridgehead atoms. The van der Waals surface area contributed by atoms with Crippen molar-refractivity contribution in [1.29, 1.82) is 0 Å². The highest BCUT2D eigenvalue weighted by Gasteiger charge is 2.19. The monoisotopic (exact) mass is 207 g/mol. The van der Waals surface area contributed by atoms with Gasteiger partial charge in [-0.3, -0.25) is 0 Å². The minimum Gasteiger partial charge on any atom is -0.389 e. The summed E-state index contributed by atoms with van der Waals surface area (Å²) in [4.78, 5) is 2.15. The number of alkyl halides is 1. The standard InChI is InChI=1S/C9H18FNOS/c1-13-9-2-4-11(5-3-9)7-8(12)6-10/h8-9,12H,2-7H2,1H3. The summed E-state index contributed by atoms with van der Waals surface area (Å²) in [5, 5.41) is 9.87. The average Bonchev–Trinajstić information content (AvgIpc) is 2.19. The summed E-state index contributed by atoms with van der Waals surface area (Å²) in [6.45, 7) is 1.88. The molecule has 0 amide bonds. The van der Waals surface area contributed by atoms with Crippen molar-refractivity contribution in [3.8, 4) is 0 Å². The zero-order valence-electron chi connectivity index (χ0n) is 8.08.